The second-order valence-electron chi connectivity index (χ2n) is 3.07. The van der Waals surface area contributed by atoms with Crippen molar-refractivity contribution in [3.63, 3.8) is 0 Å². The fraction of sp³-hybridized carbons (Fsp3) is 0.455. The standard InChI is InChI=1S/C11H17BrS/c1-4-11(7-5-6-8-12)13-9-10(2)3/h4-8,10H,9H2,1-3H3/b7-5-,8-6+,11-4+. The highest BCUT2D eigenvalue weighted by molar-refractivity contribution is 9.11. The number of hydrogen-bond donors (Lipinski definition) is 0. The molecule has 13 heavy (non-hydrogen) atoms. The van der Waals surface area contributed by atoms with E-state index in [1.165, 1.54) is 10.7 Å². The van der Waals surface area contributed by atoms with Gasteiger partial charge in [-0.25, -0.2) is 0 Å². The Kier molecular flexibility index (Phi) is 8.67. The Morgan fingerprint density at radius 1 is 1.38 bits per heavy atom. The van der Waals surface area contributed by atoms with Crippen molar-refractivity contribution in [3.8, 4) is 0 Å². The van der Waals surface area contributed by atoms with Gasteiger partial charge in [0.1, 0.15) is 0 Å². The summed E-state index contributed by atoms with van der Waals surface area (Å²) in [5.41, 5.74) is 0. The minimum atomic E-state index is 0.750. The summed E-state index contributed by atoms with van der Waals surface area (Å²) in [6, 6.07) is 0. The molecule has 0 aromatic heterocycles. The molecule has 0 radical (unpaired) electrons. The largest absolute Gasteiger partial charge is 0.126 e. The van der Waals surface area contributed by atoms with Gasteiger partial charge >= 0.3 is 0 Å². The number of thioether (sulfide) groups is 1. The molecular weight excluding hydrogens is 244 g/mol. The zero-order chi connectivity index (χ0) is 10.1. The summed E-state index contributed by atoms with van der Waals surface area (Å²) in [5, 5.41) is 0. The third-order valence-electron chi connectivity index (χ3n) is 1.31. The van der Waals surface area contributed by atoms with Gasteiger partial charge in [-0.1, -0.05) is 48.0 Å². The van der Waals surface area contributed by atoms with E-state index < -0.39 is 0 Å². The Labute approximate surface area is 94.3 Å². The zero-order valence-corrected chi connectivity index (χ0v) is 10.9. The number of hydrogen-bond acceptors (Lipinski definition) is 1. The van der Waals surface area contributed by atoms with Crippen LogP contribution in [0.3, 0.4) is 0 Å². The van der Waals surface area contributed by atoms with Crippen LogP contribution in [0.1, 0.15) is 20.8 Å². The smallest absolute Gasteiger partial charge is 0.00293 e. The van der Waals surface area contributed by atoms with E-state index in [9.17, 15) is 0 Å². The van der Waals surface area contributed by atoms with Crippen LogP contribution >= 0.6 is 27.7 Å². The summed E-state index contributed by atoms with van der Waals surface area (Å²) >= 11 is 5.13. The molecule has 0 aliphatic carbocycles. The molecule has 0 spiro atoms. The first-order valence-electron chi connectivity index (χ1n) is 4.43. The summed E-state index contributed by atoms with van der Waals surface area (Å²) in [7, 11) is 0. The normalized spacial score (nSPS) is 13.8. The monoisotopic (exact) mass is 260 g/mol. The molecule has 0 saturated heterocycles. The fourth-order valence-electron chi connectivity index (χ4n) is 0.683. The Morgan fingerprint density at radius 3 is 2.54 bits per heavy atom. The molecule has 0 unspecified atom stereocenters. The number of allylic oxidation sites excluding steroid dienone is 4. The second-order valence-corrected chi connectivity index (χ2v) is 4.70. The molecule has 0 amide bonds. The van der Waals surface area contributed by atoms with Crippen LogP contribution in [-0.4, -0.2) is 5.75 Å². The van der Waals surface area contributed by atoms with E-state index in [4.69, 9.17) is 0 Å². The highest BCUT2D eigenvalue weighted by Crippen LogP contribution is 2.19. The first-order chi connectivity index (χ1) is 6.20. The van der Waals surface area contributed by atoms with Gasteiger partial charge in [-0.3, -0.25) is 0 Å². The highest BCUT2D eigenvalue weighted by atomic mass is 79.9. The van der Waals surface area contributed by atoms with Crippen molar-refractivity contribution < 1.29 is 0 Å². The minimum Gasteiger partial charge on any atom is -0.126 e. The maximum atomic E-state index is 3.23. The van der Waals surface area contributed by atoms with Crippen LogP contribution in [0.4, 0.5) is 0 Å². The lowest BCUT2D eigenvalue weighted by Gasteiger charge is -2.03. The first kappa shape index (κ1) is 13.1. The van der Waals surface area contributed by atoms with Crippen molar-refractivity contribution in [1.82, 2.24) is 0 Å². The van der Waals surface area contributed by atoms with Gasteiger partial charge < -0.3 is 0 Å². The van der Waals surface area contributed by atoms with Gasteiger partial charge in [0.2, 0.25) is 0 Å². The minimum absolute atomic E-state index is 0.750. The summed E-state index contributed by atoms with van der Waals surface area (Å²) in [4.78, 5) is 3.18. The quantitative estimate of drug-likeness (QED) is 0.644. The summed E-state index contributed by atoms with van der Waals surface area (Å²) in [6.45, 7) is 6.55. The topological polar surface area (TPSA) is 0 Å². The van der Waals surface area contributed by atoms with Crippen LogP contribution in [0.5, 0.6) is 0 Å². The van der Waals surface area contributed by atoms with E-state index in [0.29, 0.717) is 0 Å². The fourth-order valence-corrected chi connectivity index (χ4v) is 1.73. The molecule has 0 nitrogen and oxygen atoms in total. The van der Waals surface area contributed by atoms with Crippen molar-refractivity contribution in [1.29, 1.82) is 0 Å². The SMILES string of the molecule is C\C=C(/C=C\C=C\Br)SCC(C)C. The van der Waals surface area contributed by atoms with Gasteiger partial charge in [-0.2, -0.15) is 0 Å². The van der Waals surface area contributed by atoms with Gasteiger partial charge in [-0.15, -0.1) is 11.8 Å². The van der Waals surface area contributed by atoms with Gasteiger partial charge in [0.25, 0.3) is 0 Å². The Balaban J connectivity index is 3.91. The molecule has 2 heteroatoms. The molecule has 0 saturated carbocycles. The lowest BCUT2D eigenvalue weighted by atomic mass is 10.3. The van der Waals surface area contributed by atoms with Gasteiger partial charge in [0, 0.05) is 10.7 Å². The maximum Gasteiger partial charge on any atom is 0.00293 e. The Bertz CT molecular complexity index is 202. The van der Waals surface area contributed by atoms with E-state index in [1.807, 2.05) is 28.9 Å². The molecule has 0 aliphatic heterocycles. The van der Waals surface area contributed by atoms with Crippen molar-refractivity contribution in [2.75, 3.05) is 5.75 Å². The third kappa shape index (κ3) is 8.38. The third-order valence-corrected chi connectivity index (χ3v) is 3.16. The van der Waals surface area contributed by atoms with E-state index in [0.717, 1.165) is 5.92 Å². The highest BCUT2D eigenvalue weighted by Gasteiger charge is 1.95. The van der Waals surface area contributed by atoms with Crippen molar-refractivity contribution in [3.05, 3.63) is 34.2 Å². The lowest BCUT2D eigenvalue weighted by Crippen LogP contribution is -1.89. The Morgan fingerprint density at radius 2 is 2.08 bits per heavy atom. The van der Waals surface area contributed by atoms with Crippen LogP contribution in [0.15, 0.2) is 34.2 Å². The van der Waals surface area contributed by atoms with Crippen LogP contribution in [0.2, 0.25) is 0 Å². The van der Waals surface area contributed by atoms with Crippen molar-refractivity contribution >= 4 is 27.7 Å². The molecule has 0 aromatic carbocycles. The zero-order valence-electron chi connectivity index (χ0n) is 8.46. The van der Waals surface area contributed by atoms with Crippen molar-refractivity contribution in [2.24, 2.45) is 5.92 Å². The maximum absolute atomic E-state index is 3.23. The molecule has 0 rings (SSSR count). The molecule has 0 bridgehead atoms. The summed E-state index contributed by atoms with van der Waals surface area (Å²) < 4.78 is 0. The predicted molar refractivity (Wildman–Crippen MR) is 68.3 cm³/mol. The van der Waals surface area contributed by atoms with Crippen molar-refractivity contribution in [2.45, 2.75) is 20.8 Å². The molecule has 74 valence electrons. The van der Waals surface area contributed by atoms with Crippen LogP contribution in [-0.2, 0) is 0 Å². The van der Waals surface area contributed by atoms with E-state index in [-0.39, 0.29) is 0 Å². The van der Waals surface area contributed by atoms with Crippen LogP contribution in [0.25, 0.3) is 0 Å². The average Bonchev–Trinajstić information content (AvgIpc) is 2.10. The van der Waals surface area contributed by atoms with E-state index in [1.54, 1.807) is 0 Å². The molecular formula is C11H17BrS. The van der Waals surface area contributed by atoms with Gasteiger partial charge in [0.15, 0.2) is 0 Å². The number of rotatable bonds is 5. The first-order valence-corrected chi connectivity index (χ1v) is 6.33. The van der Waals surface area contributed by atoms with E-state index in [2.05, 4.69) is 48.9 Å². The molecule has 0 aliphatic rings. The molecule has 0 heterocycles. The molecule has 0 atom stereocenters. The molecule has 0 N–H and O–H groups in total. The van der Waals surface area contributed by atoms with Gasteiger partial charge in [0.05, 0.1) is 0 Å². The van der Waals surface area contributed by atoms with Crippen LogP contribution in [0, 0.1) is 5.92 Å². The summed E-state index contributed by atoms with van der Waals surface area (Å²) in [6.07, 6.45) is 8.28. The van der Waals surface area contributed by atoms with E-state index >= 15 is 0 Å². The Hall–Kier alpha value is 0.0500. The van der Waals surface area contributed by atoms with Crippen LogP contribution < -0.4 is 0 Å². The second kappa shape index (κ2) is 8.64. The average molecular weight is 261 g/mol. The molecule has 0 aromatic rings. The molecule has 0 fully saturated rings. The van der Waals surface area contributed by atoms with Gasteiger partial charge in [-0.05, 0) is 23.9 Å². The summed E-state index contributed by atoms with van der Waals surface area (Å²) in [5.74, 6) is 1.93. The predicted octanol–water partition coefficient (Wildman–Crippen LogP) is 4.74. The lowest BCUT2D eigenvalue weighted by molar-refractivity contribution is 0.751. The number of halogens is 1.